The molecule has 10 heteroatoms. The van der Waals surface area contributed by atoms with Gasteiger partial charge in [-0.15, -0.1) is 32.9 Å². The van der Waals surface area contributed by atoms with Gasteiger partial charge in [0.2, 0.25) is 5.91 Å². The lowest BCUT2D eigenvalue weighted by atomic mass is 9.87. The second kappa shape index (κ2) is 8.91. The van der Waals surface area contributed by atoms with Gasteiger partial charge in [-0.3, -0.25) is 9.59 Å². The van der Waals surface area contributed by atoms with Gasteiger partial charge < -0.3 is 15.6 Å². The second-order valence-corrected chi connectivity index (χ2v) is 10.3. The third-order valence-electron chi connectivity index (χ3n) is 5.33. The Bertz CT molecular complexity index is 1080. The Balaban J connectivity index is 1.41. The maximum Gasteiger partial charge on any atom is 0.251 e. The van der Waals surface area contributed by atoms with E-state index < -0.39 is 5.91 Å². The lowest BCUT2D eigenvalue weighted by molar-refractivity contribution is -0.113. The lowest BCUT2D eigenvalue weighted by Gasteiger charge is -2.19. The first-order chi connectivity index (χ1) is 14.5. The first-order valence-corrected chi connectivity index (χ1v) is 12.5. The van der Waals surface area contributed by atoms with E-state index in [-0.39, 0.29) is 11.7 Å². The molecule has 0 saturated carbocycles. The number of nitrogens with zero attached hydrogens (tertiary/aromatic N) is 3. The molecular weight excluding hydrogens is 438 g/mol. The molecule has 7 nitrogen and oxygen atoms in total. The smallest absolute Gasteiger partial charge is 0.251 e. The average Bonchev–Trinajstić information content (AvgIpc) is 3.43. The highest BCUT2D eigenvalue weighted by atomic mass is 32.2. The summed E-state index contributed by atoms with van der Waals surface area (Å²) >= 11 is 4.39. The predicted octanol–water partition coefficient (Wildman–Crippen LogP) is 3.95. The molecule has 0 aromatic carbocycles. The number of nitrogens with two attached hydrogens (primary N) is 1. The number of aryl methyl sites for hydroxylation is 1. The van der Waals surface area contributed by atoms with E-state index in [1.54, 1.807) is 22.8 Å². The van der Waals surface area contributed by atoms with Crippen LogP contribution in [-0.2, 0) is 24.7 Å². The molecule has 3 N–H and O–H groups in total. The van der Waals surface area contributed by atoms with Gasteiger partial charge in [-0.05, 0) is 48.3 Å². The van der Waals surface area contributed by atoms with Crippen LogP contribution in [-0.4, -0.2) is 32.3 Å². The summed E-state index contributed by atoms with van der Waals surface area (Å²) in [5, 5.41) is 14.3. The van der Waals surface area contributed by atoms with Crippen molar-refractivity contribution in [3.05, 3.63) is 33.5 Å². The first-order valence-electron chi connectivity index (χ1n) is 9.77. The second-order valence-electron chi connectivity index (χ2n) is 7.31. The first kappa shape index (κ1) is 21.1. The molecule has 30 heavy (non-hydrogen) atoms. The van der Waals surface area contributed by atoms with E-state index in [2.05, 4.69) is 28.5 Å². The zero-order chi connectivity index (χ0) is 21.3. The van der Waals surface area contributed by atoms with Crippen LogP contribution >= 0.6 is 34.4 Å². The number of fused-ring (bicyclic) bond motifs is 1. The number of nitrogens with one attached hydrogen (secondary N) is 1. The number of amides is 2. The zero-order valence-electron chi connectivity index (χ0n) is 16.8. The molecule has 1 atom stereocenters. The van der Waals surface area contributed by atoms with E-state index in [0.29, 0.717) is 15.7 Å². The van der Waals surface area contributed by atoms with E-state index in [9.17, 15) is 9.59 Å². The Morgan fingerprint density at radius 1 is 1.40 bits per heavy atom. The molecule has 2 amide bonds. The van der Waals surface area contributed by atoms with Gasteiger partial charge in [0.15, 0.2) is 11.0 Å². The van der Waals surface area contributed by atoms with Crippen LogP contribution in [0.4, 0.5) is 5.00 Å². The lowest BCUT2D eigenvalue weighted by Crippen LogP contribution is -2.18. The number of thiophene rings is 2. The number of thioether (sulfide) groups is 1. The monoisotopic (exact) mass is 461 g/mol. The van der Waals surface area contributed by atoms with Crippen molar-refractivity contribution in [3.8, 4) is 10.7 Å². The van der Waals surface area contributed by atoms with Gasteiger partial charge in [-0.25, -0.2) is 0 Å². The highest BCUT2D eigenvalue weighted by molar-refractivity contribution is 7.99. The van der Waals surface area contributed by atoms with E-state index in [1.165, 1.54) is 46.4 Å². The largest absolute Gasteiger partial charge is 0.366 e. The van der Waals surface area contributed by atoms with Crippen molar-refractivity contribution in [2.45, 2.75) is 37.8 Å². The third-order valence-corrected chi connectivity index (χ3v) is 8.42. The minimum absolute atomic E-state index is 0.168. The Hall–Kier alpha value is -2.17. The average molecular weight is 462 g/mol. The number of aromatic nitrogens is 3. The topological polar surface area (TPSA) is 103 Å². The van der Waals surface area contributed by atoms with Crippen molar-refractivity contribution >= 4 is 51.3 Å². The van der Waals surface area contributed by atoms with E-state index in [4.69, 9.17) is 5.73 Å². The van der Waals surface area contributed by atoms with Crippen LogP contribution in [0.3, 0.4) is 0 Å². The molecule has 0 aliphatic heterocycles. The number of rotatable bonds is 7. The Kier molecular flexibility index (Phi) is 6.26. The van der Waals surface area contributed by atoms with Gasteiger partial charge >= 0.3 is 0 Å². The van der Waals surface area contributed by atoms with E-state index in [1.807, 2.05) is 11.6 Å². The van der Waals surface area contributed by atoms with Gasteiger partial charge in [-0.2, -0.15) is 0 Å². The van der Waals surface area contributed by atoms with Crippen LogP contribution in [0.25, 0.3) is 10.7 Å². The standard InChI is InChI=1S/C20H23N5O2S3/c1-3-11-4-5-14-12(8-11)9-15(30-14)18-23-24-20(25(18)2)29-10-16(26)22-19-13(17(21)27)6-7-28-19/h6-7,9,11H,3-5,8,10H2,1-2H3,(H2,21,27)(H,22,26)/t11-/m1/s1. The zero-order valence-corrected chi connectivity index (χ0v) is 19.3. The molecule has 1 aliphatic carbocycles. The van der Waals surface area contributed by atoms with Crippen LogP contribution in [0.1, 0.15) is 40.6 Å². The summed E-state index contributed by atoms with van der Waals surface area (Å²) in [5.74, 6) is 1.01. The molecule has 0 unspecified atom stereocenters. The summed E-state index contributed by atoms with van der Waals surface area (Å²) in [5.41, 5.74) is 7.10. The minimum atomic E-state index is -0.555. The molecule has 0 bridgehead atoms. The van der Waals surface area contributed by atoms with E-state index >= 15 is 0 Å². The van der Waals surface area contributed by atoms with Crippen LogP contribution in [0.2, 0.25) is 0 Å². The van der Waals surface area contributed by atoms with Crippen molar-refractivity contribution in [1.82, 2.24) is 14.8 Å². The summed E-state index contributed by atoms with van der Waals surface area (Å²) in [6, 6.07) is 3.86. The molecular formula is C20H23N5O2S3. The molecule has 0 spiro atoms. The summed E-state index contributed by atoms with van der Waals surface area (Å²) in [6.45, 7) is 2.26. The number of hydrogen-bond acceptors (Lipinski definition) is 7. The molecule has 0 radical (unpaired) electrons. The Morgan fingerprint density at radius 3 is 3.00 bits per heavy atom. The summed E-state index contributed by atoms with van der Waals surface area (Å²) in [4.78, 5) is 26.3. The summed E-state index contributed by atoms with van der Waals surface area (Å²) in [6.07, 6.45) is 4.79. The number of anilines is 1. The van der Waals surface area contributed by atoms with E-state index in [0.717, 1.165) is 29.5 Å². The quantitative estimate of drug-likeness (QED) is 0.519. The van der Waals surface area contributed by atoms with Gasteiger partial charge in [0, 0.05) is 11.9 Å². The minimum Gasteiger partial charge on any atom is -0.366 e. The van der Waals surface area contributed by atoms with Crippen molar-refractivity contribution in [1.29, 1.82) is 0 Å². The van der Waals surface area contributed by atoms with Gasteiger partial charge in [0.1, 0.15) is 5.00 Å². The normalized spacial score (nSPS) is 15.7. The van der Waals surface area contributed by atoms with Crippen molar-refractivity contribution < 1.29 is 9.59 Å². The van der Waals surface area contributed by atoms with Crippen molar-refractivity contribution in [2.75, 3.05) is 11.1 Å². The number of hydrogen-bond donors (Lipinski definition) is 2. The fourth-order valence-electron chi connectivity index (χ4n) is 3.61. The molecule has 3 aromatic rings. The molecule has 1 aliphatic rings. The fourth-order valence-corrected chi connectivity index (χ4v) is 6.35. The molecule has 3 aromatic heterocycles. The molecule has 3 heterocycles. The highest BCUT2D eigenvalue weighted by Crippen LogP contribution is 2.38. The Labute approximate surface area is 187 Å². The van der Waals surface area contributed by atoms with Crippen LogP contribution in [0.5, 0.6) is 0 Å². The highest BCUT2D eigenvalue weighted by Gasteiger charge is 2.23. The number of carbonyl (C=O) groups is 2. The Morgan fingerprint density at radius 2 is 2.23 bits per heavy atom. The predicted molar refractivity (Wildman–Crippen MR) is 122 cm³/mol. The van der Waals surface area contributed by atoms with Gasteiger partial charge in [-0.1, -0.05) is 25.1 Å². The third kappa shape index (κ3) is 4.30. The van der Waals surface area contributed by atoms with Gasteiger partial charge in [0.25, 0.3) is 5.91 Å². The number of carbonyl (C=O) groups excluding carboxylic acids is 2. The van der Waals surface area contributed by atoms with Gasteiger partial charge in [0.05, 0.1) is 16.2 Å². The molecule has 4 rings (SSSR count). The van der Waals surface area contributed by atoms with Crippen LogP contribution < -0.4 is 11.1 Å². The summed E-state index contributed by atoms with van der Waals surface area (Å²) < 4.78 is 1.94. The summed E-state index contributed by atoms with van der Waals surface area (Å²) in [7, 11) is 1.92. The molecule has 0 saturated heterocycles. The van der Waals surface area contributed by atoms with Crippen LogP contribution in [0.15, 0.2) is 22.7 Å². The van der Waals surface area contributed by atoms with Crippen molar-refractivity contribution in [2.24, 2.45) is 18.7 Å². The van der Waals surface area contributed by atoms with Crippen LogP contribution in [0, 0.1) is 5.92 Å². The SMILES string of the molecule is CC[C@@H]1CCc2sc(-c3nnc(SCC(=O)Nc4sccc4C(N)=O)n3C)cc2C1. The fraction of sp³-hybridized carbons (Fsp3) is 0.400. The maximum atomic E-state index is 12.3. The maximum absolute atomic E-state index is 12.3. The molecule has 158 valence electrons. The molecule has 0 fully saturated rings. The number of primary amides is 1. The van der Waals surface area contributed by atoms with Crippen molar-refractivity contribution in [3.63, 3.8) is 0 Å².